The van der Waals surface area contributed by atoms with Gasteiger partial charge in [0.2, 0.25) is 0 Å². The van der Waals surface area contributed by atoms with Crippen molar-refractivity contribution >= 4 is 28.9 Å². The van der Waals surface area contributed by atoms with E-state index < -0.39 is 10.8 Å². The Morgan fingerprint density at radius 3 is 2.71 bits per heavy atom. The number of nitrogens with one attached hydrogen (secondary N) is 1. The van der Waals surface area contributed by atoms with E-state index in [9.17, 15) is 14.9 Å². The van der Waals surface area contributed by atoms with Crippen LogP contribution in [0.4, 0.5) is 11.4 Å². The van der Waals surface area contributed by atoms with E-state index in [1.807, 2.05) is 0 Å². The van der Waals surface area contributed by atoms with Gasteiger partial charge >= 0.3 is 0 Å². The molecular weight excluding hydrogens is 332 g/mol. The van der Waals surface area contributed by atoms with E-state index in [0.29, 0.717) is 16.4 Å². The number of para-hydroxylation sites is 1. The van der Waals surface area contributed by atoms with E-state index >= 15 is 0 Å². The highest BCUT2D eigenvalue weighted by molar-refractivity contribution is 6.33. The summed E-state index contributed by atoms with van der Waals surface area (Å²) in [7, 11) is 0. The van der Waals surface area contributed by atoms with Crippen molar-refractivity contribution in [2.75, 3.05) is 5.32 Å². The topological polar surface area (TPSA) is 90.1 Å². The van der Waals surface area contributed by atoms with Crippen molar-refractivity contribution in [2.24, 2.45) is 0 Å². The lowest BCUT2D eigenvalue weighted by Crippen LogP contribution is -2.13. The summed E-state index contributed by atoms with van der Waals surface area (Å²) in [4.78, 5) is 22.6. The number of amides is 1. The molecule has 0 aliphatic rings. The standard InChI is InChI=1S/C16H11ClN4O3/c17-13-6-1-2-7-14(13)18-16(22)15-8-9-20(19-15)11-4-3-5-12(10-11)21(23)24/h1-10H,(H,18,22). The van der Waals surface area contributed by atoms with Gasteiger partial charge in [-0.25, -0.2) is 4.68 Å². The third-order valence-electron chi connectivity index (χ3n) is 3.25. The van der Waals surface area contributed by atoms with Gasteiger partial charge in [0, 0.05) is 18.3 Å². The van der Waals surface area contributed by atoms with Gasteiger partial charge in [0.25, 0.3) is 11.6 Å². The highest BCUT2D eigenvalue weighted by Crippen LogP contribution is 2.21. The van der Waals surface area contributed by atoms with Gasteiger partial charge in [0.15, 0.2) is 5.69 Å². The second-order valence-corrected chi connectivity index (χ2v) is 5.26. The largest absolute Gasteiger partial charge is 0.319 e. The molecule has 0 saturated carbocycles. The minimum atomic E-state index is -0.488. The van der Waals surface area contributed by atoms with Gasteiger partial charge in [-0.2, -0.15) is 5.10 Å². The third kappa shape index (κ3) is 3.26. The van der Waals surface area contributed by atoms with Crippen LogP contribution in [0.5, 0.6) is 0 Å². The van der Waals surface area contributed by atoms with Gasteiger partial charge in [0.05, 0.1) is 21.3 Å². The Labute approximate surface area is 141 Å². The summed E-state index contributed by atoms with van der Waals surface area (Å²) in [6, 6.07) is 14.4. The fraction of sp³-hybridized carbons (Fsp3) is 0. The van der Waals surface area contributed by atoms with Crippen molar-refractivity contribution in [3.8, 4) is 5.69 Å². The van der Waals surface area contributed by atoms with Crippen molar-refractivity contribution in [1.82, 2.24) is 9.78 Å². The Morgan fingerprint density at radius 1 is 1.17 bits per heavy atom. The molecule has 0 aliphatic heterocycles. The second-order valence-electron chi connectivity index (χ2n) is 4.86. The van der Waals surface area contributed by atoms with Crippen molar-refractivity contribution in [2.45, 2.75) is 0 Å². The lowest BCUT2D eigenvalue weighted by Gasteiger charge is -2.05. The van der Waals surface area contributed by atoms with Crippen molar-refractivity contribution in [3.05, 3.63) is 81.6 Å². The Morgan fingerprint density at radius 2 is 1.96 bits per heavy atom. The number of nitrogens with zero attached hydrogens (tertiary/aromatic N) is 3. The molecular formula is C16H11ClN4O3. The summed E-state index contributed by atoms with van der Waals surface area (Å²) in [5, 5.41) is 18.1. The molecule has 24 heavy (non-hydrogen) atoms. The van der Waals surface area contributed by atoms with E-state index in [4.69, 9.17) is 11.6 Å². The Kier molecular flexibility index (Phi) is 4.26. The zero-order valence-electron chi connectivity index (χ0n) is 12.2. The quantitative estimate of drug-likeness (QED) is 0.578. The molecule has 0 unspecified atom stereocenters. The van der Waals surface area contributed by atoms with Crippen LogP contribution in [0.1, 0.15) is 10.5 Å². The predicted molar refractivity (Wildman–Crippen MR) is 89.6 cm³/mol. The number of hydrogen-bond acceptors (Lipinski definition) is 4. The number of halogens is 1. The number of anilines is 1. The molecule has 7 nitrogen and oxygen atoms in total. The van der Waals surface area contributed by atoms with Crippen molar-refractivity contribution in [3.63, 3.8) is 0 Å². The summed E-state index contributed by atoms with van der Waals surface area (Å²) in [6.07, 6.45) is 1.56. The molecule has 0 aliphatic carbocycles. The first-order valence-corrected chi connectivity index (χ1v) is 7.29. The fourth-order valence-electron chi connectivity index (χ4n) is 2.09. The molecule has 1 heterocycles. The van der Waals surface area contributed by atoms with Crippen molar-refractivity contribution in [1.29, 1.82) is 0 Å². The molecule has 3 rings (SSSR count). The van der Waals surface area contributed by atoms with Crippen LogP contribution in [-0.2, 0) is 0 Å². The molecule has 0 radical (unpaired) electrons. The first kappa shape index (κ1) is 15.7. The molecule has 0 fully saturated rings. The van der Waals surface area contributed by atoms with Gasteiger partial charge in [-0.15, -0.1) is 0 Å². The molecule has 0 spiro atoms. The van der Waals surface area contributed by atoms with E-state index in [1.165, 1.54) is 22.9 Å². The number of rotatable bonds is 4. The van der Waals surface area contributed by atoms with Gasteiger partial charge in [-0.1, -0.05) is 29.8 Å². The molecule has 1 N–H and O–H groups in total. The number of nitro groups is 1. The van der Waals surface area contributed by atoms with Crippen LogP contribution in [0.25, 0.3) is 5.69 Å². The van der Waals surface area contributed by atoms with Gasteiger partial charge in [-0.05, 0) is 24.3 Å². The lowest BCUT2D eigenvalue weighted by atomic mass is 10.3. The zero-order valence-corrected chi connectivity index (χ0v) is 13.0. The Hall–Kier alpha value is -3.19. The van der Waals surface area contributed by atoms with Crippen LogP contribution in [-0.4, -0.2) is 20.6 Å². The van der Waals surface area contributed by atoms with Crippen LogP contribution in [0.3, 0.4) is 0 Å². The summed E-state index contributed by atoms with van der Waals surface area (Å²) in [6.45, 7) is 0. The normalized spacial score (nSPS) is 10.4. The maximum atomic E-state index is 12.2. The Bertz CT molecular complexity index is 923. The molecule has 3 aromatic rings. The molecule has 2 aromatic carbocycles. The fourth-order valence-corrected chi connectivity index (χ4v) is 2.27. The first-order chi connectivity index (χ1) is 11.5. The number of hydrogen-bond donors (Lipinski definition) is 1. The maximum Gasteiger partial charge on any atom is 0.276 e. The number of carbonyl (C=O) groups is 1. The lowest BCUT2D eigenvalue weighted by molar-refractivity contribution is -0.384. The average Bonchev–Trinajstić information content (AvgIpc) is 3.07. The molecule has 0 bridgehead atoms. The van der Waals surface area contributed by atoms with E-state index in [-0.39, 0.29) is 11.4 Å². The maximum absolute atomic E-state index is 12.2. The zero-order chi connectivity index (χ0) is 17.1. The van der Waals surface area contributed by atoms with Crippen LogP contribution in [0.2, 0.25) is 5.02 Å². The summed E-state index contributed by atoms with van der Waals surface area (Å²) < 4.78 is 1.40. The number of aromatic nitrogens is 2. The minimum absolute atomic E-state index is 0.0509. The molecule has 120 valence electrons. The van der Waals surface area contributed by atoms with Crippen LogP contribution in [0.15, 0.2) is 60.8 Å². The van der Waals surface area contributed by atoms with E-state index in [2.05, 4.69) is 10.4 Å². The summed E-state index contributed by atoms with van der Waals surface area (Å²) in [5.41, 5.74) is 1.08. The van der Waals surface area contributed by atoms with E-state index in [1.54, 1.807) is 42.6 Å². The molecule has 8 heteroatoms. The highest BCUT2D eigenvalue weighted by Gasteiger charge is 2.13. The third-order valence-corrected chi connectivity index (χ3v) is 3.58. The summed E-state index contributed by atoms with van der Waals surface area (Å²) in [5.74, 6) is -0.424. The van der Waals surface area contributed by atoms with Gasteiger partial charge in [0.1, 0.15) is 0 Å². The molecule has 1 aromatic heterocycles. The number of non-ortho nitro benzene ring substituents is 1. The van der Waals surface area contributed by atoms with Crippen LogP contribution in [0, 0.1) is 10.1 Å². The molecule has 1 amide bonds. The number of benzene rings is 2. The van der Waals surface area contributed by atoms with Gasteiger partial charge < -0.3 is 5.32 Å². The number of carbonyl (C=O) groups excluding carboxylic acids is 1. The molecule has 0 saturated heterocycles. The monoisotopic (exact) mass is 342 g/mol. The van der Waals surface area contributed by atoms with Crippen LogP contribution >= 0.6 is 11.6 Å². The predicted octanol–water partition coefficient (Wildman–Crippen LogP) is 3.69. The highest BCUT2D eigenvalue weighted by atomic mass is 35.5. The first-order valence-electron chi connectivity index (χ1n) is 6.91. The SMILES string of the molecule is O=C(Nc1ccccc1Cl)c1ccn(-c2cccc([N+](=O)[O-])c2)n1. The van der Waals surface area contributed by atoms with E-state index in [0.717, 1.165) is 0 Å². The number of nitro benzene ring substituents is 1. The molecule has 0 atom stereocenters. The minimum Gasteiger partial charge on any atom is -0.319 e. The second kappa shape index (κ2) is 6.51. The van der Waals surface area contributed by atoms with Crippen LogP contribution < -0.4 is 5.32 Å². The smallest absolute Gasteiger partial charge is 0.276 e. The van der Waals surface area contributed by atoms with Gasteiger partial charge in [-0.3, -0.25) is 14.9 Å². The average molecular weight is 343 g/mol. The summed E-state index contributed by atoms with van der Waals surface area (Å²) >= 11 is 6.00. The van der Waals surface area contributed by atoms with Crippen molar-refractivity contribution < 1.29 is 9.72 Å². The Balaban J connectivity index is 1.83.